The minimum absolute atomic E-state index is 0.144. The van der Waals surface area contributed by atoms with Crippen LogP contribution < -0.4 is 16.4 Å². The van der Waals surface area contributed by atoms with Crippen LogP contribution in [0.3, 0.4) is 0 Å². The van der Waals surface area contributed by atoms with Crippen LogP contribution in [0.2, 0.25) is 0 Å². The SMILES string of the molecule is CC(NC(=O)c1ccc2nc(N)sc2c1)C(=O)NC1CC1. The minimum atomic E-state index is -0.555. The molecule has 1 aliphatic carbocycles. The molecule has 1 aromatic heterocycles. The third-order valence-corrected chi connectivity index (χ3v) is 4.18. The number of benzene rings is 1. The number of carbonyl (C=O) groups excluding carboxylic acids is 2. The minimum Gasteiger partial charge on any atom is -0.375 e. The number of amides is 2. The Balaban J connectivity index is 1.68. The zero-order valence-electron chi connectivity index (χ0n) is 11.6. The summed E-state index contributed by atoms with van der Waals surface area (Å²) in [6.45, 7) is 1.68. The highest BCUT2D eigenvalue weighted by atomic mass is 32.1. The van der Waals surface area contributed by atoms with Crippen molar-refractivity contribution in [2.75, 3.05) is 5.73 Å². The van der Waals surface area contributed by atoms with Gasteiger partial charge in [0.2, 0.25) is 5.91 Å². The molecular weight excluding hydrogens is 288 g/mol. The number of fused-ring (bicyclic) bond motifs is 1. The first-order chi connectivity index (χ1) is 10.0. The van der Waals surface area contributed by atoms with Gasteiger partial charge in [-0.15, -0.1) is 0 Å². The number of nitrogens with zero attached hydrogens (tertiary/aromatic N) is 1. The molecule has 6 nitrogen and oxygen atoms in total. The van der Waals surface area contributed by atoms with Crippen LogP contribution in [-0.2, 0) is 4.79 Å². The van der Waals surface area contributed by atoms with Crippen molar-refractivity contribution in [2.24, 2.45) is 0 Å². The first-order valence-electron chi connectivity index (χ1n) is 6.80. The summed E-state index contributed by atoms with van der Waals surface area (Å²) < 4.78 is 0.857. The van der Waals surface area contributed by atoms with Crippen LogP contribution in [0, 0.1) is 0 Å². The van der Waals surface area contributed by atoms with E-state index in [0.717, 1.165) is 23.1 Å². The molecule has 1 unspecified atom stereocenters. The van der Waals surface area contributed by atoms with Gasteiger partial charge in [-0.2, -0.15) is 0 Å². The lowest BCUT2D eigenvalue weighted by Gasteiger charge is -2.13. The van der Waals surface area contributed by atoms with E-state index in [9.17, 15) is 9.59 Å². The molecule has 4 N–H and O–H groups in total. The Kier molecular flexibility index (Phi) is 3.50. The molecule has 110 valence electrons. The molecule has 3 rings (SSSR count). The molecular formula is C14H16N4O2S. The standard InChI is InChI=1S/C14H16N4O2S/c1-7(12(19)17-9-3-4-9)16-13(20)8-2-5-10-11(6-8)21-14(15)18-10/h2,5-7,9H,3-4H2,1H3,(H2,15,18)(H,16,20)(H,17,19). The van der Waals surface area contributed by atoms with Gasteiger partial charge in [0.25, 0.3) is 5.91 Å². The van der Waals surface area contributed by atoms with Gasteiger partial charge in [-0.25, -0.2) is 4.98 Å². The molecule has 1 aliphatic rings. The monoisotopic (exact) mass is 304 g/mol. The van der Waals surface area contributed by atoms with Crippen molar-refractivity contribution in [2.45, 2.75) is 31.8 Å². The fourth-order valence-corrected chi connectivity index (χ4v) is 2.76. The normalized spacial score (nSPS) is 15.7. The van der Waals surface area contributed by atoms with E-state index in [1.807, 2.05) is 0 Å². The van der Waals surface area contributed by atoms with Crippen LogP contribution >= 0.6 is 11.3 Å². The predicted octanol–water partition coefficient (Wildman–Crippen LogP) is 1.28. The summed E-state index contributed by atoms with van der Waals surface area (Å²) >= 11 is 1.33. The quantitative estimate of drug-likeness (QED) is 0.792. The molecule has 0 bridgehead atoms. The van der Waals surface area contributed by atoms with Crippen LogP contribution in [0.1, 0.15) is 30.1 Å². The van der Waals surface area contributed by atoms with Gasteiger partial charge in [-0.3, -0.25) is 9.59 Å². The average molecular weight is 304 g/mol. The Morgan fingerprint density at radius 3 is 2.90 bits per heavy atom. The molecule has 0 saturated heterocycles. The van der Waals surface area contributed by atoms with E-state index in [1.165, 1.54) is 11.3 Å². The molecule has 0 spiro atoms. The van der Waals surface area contributed by atoms with Crippen molar-refractivity contribution < 1.29 is 9.59 Å². The fourth-order valence-electron chi connectivity index (χ4n) is 1.98. The topological polar surface area (TPSA) is 97.1 Å². The molecule has 2 aromatic rings. The second-order valence-electron chi connectivity index (χ2n) is 5.21. The van der Waals surface area contributed by atoms with Crippen LogP contribution in [0.25, 0.3) is 10.2 Å². The maximum absolute atomic E-state index is 12.2. The molecule has 1 aromatic carbocycles. The smallest absolute Gasteiger partial charge is 0.251 e. The van der Waals surface area contributed by atoms with Crippen molar-refractivity contribution in [1.29, 1.82) is 0 Å². The lowest BCUT2D eigenvalue weighted by Crippen LogP contribution is -2.45. The van der Waals surface area contributed by atoms with Gasteiger partial charge in [0.1, 0.15) is 6.04 Å². The van der Waals surface area contributed by atoms with E-state index in [2.05, 4.69) is 15.6 Å². The van der Waals surface area contributed by atoms with Crippen LogP contribution in [0.4, 0.5) is 5.13 Å². The van der Waals surface area contributed by atoms with Crippen molar-refractivity contribution in [1.82, 2.24) is 15.6 Å². The Bertz CT molecular complexity index is 708. The summed E-state index contributed by atoms with van der Waals surface area (Å²) in [7, 11) is 0. The predicted molar refractivity (Wildman–Crippen MR) is 82.1 cm³/mol. The van der Waals surface area contributed by atoms with E-state index in [-0.39, 0.29) is 17.9 Å². The van der Waals surface area contributed by atoms with Gasteiger partial charge in [-0.1, -0.05) is 11.3 Å². The number of nitrogen functional groups attached to an aromatic ring is 1. The molecule has 21 heavy (non-hydrogen) atoms. The highest BCUT2D eigenvalue weighted by molar-refractivity contribution is 7.22. The number of nitrogens with one attached hydrogen (secondary N) is 2. The van der Waals surface area contributed by atoms with Gasteiger partial charge in [0.15, 0.2) is 5.13 Å². The first kappa shape index (κ1) is 13.8. The second kappa shape index (κ2) is 5.33. The van der Waals surface area contributed by atoms with Crippen molar-refractivity contribution in [3.05, 3.63) is 23.8 Å². The summed E-state index contributed by atoms with van der Waals surface area (Å²) in [5, 5.41) is 6.04. The number of hydrogen-bond donors (Lipinski definition) is 3. The maximum atomic E-state index is 12.2. The molecule has 0 aliphatic heterocycles. The summed E-state index contributed by atoms with van der Waals surface area (Å²) in [6.07, 6.45) is 2.05. The van der Waals surface area contributed by atoms with Crippen molar-refractivity contribution in [3.63, 3.8) is 0 Å². The van der Waals surface area contributed by atoms with Crippen LogP contribution in [0.5, 0.6) is 0 Å². The lowest BCUT2D eigenvalue weighted by atomic mass is 10.2. The average Bonchev–Trinajstić information content (AvgIpc) is 3.16. The number of anilines is 1. The number of carbonyl (C=O) groups is 2. The molecule has 1 atom stereocenters. The maximum Gasteiger partial charge on any atom is 0.251 e. The molecule has 1 fully saturated rings. The highest BCUT2D eigenvalue weighted by Gasteiger charge is 2.26. The zero-order valence-corrected chi connectivity index (χ0v) is 12.4. The zero-order chi connectivity index (χ0) is 15.0. The Morgan fingerprint density at radius 2 is 2.19 bits per heavy atom. The molecule has 1 saturated carbocycles. The van der Waals surface area contributed by atoms with E-state index >= 15 is 0 Å². The molecule has 2 amide bonds. The number of rotatable bonds is 4. The first-order valence-corrected chi connectivity index (χ1v) is 7.62. The van der Waals surface area contributed by atoms with Crippen molar-refractivity contribution >= 4 is 38.5 Å². The van der Waals surface area contributed by atoms with Gasteiger partial charge < -0.3 is 16.4 Å². The Labute approximate surface area is 125 Å². The van der Waals surface area contributed by atoms with Gasteiger partial charge in [0.05, 0.1) is 10.2 Å². The summed E-state index contributed by atoms with van der Waals surface area (Å²) in [4.78, 5) is 28.1. The van der Waals surface area contributed by atoms with Gasteiger partial charge >= 0.3 is 0 Å². The Hall–Kier alpha value is -2.15. The third-order valence-electron chi connectivity index (χ3n) is 3.33. The van der Waals surface area contributed by atoms with Crippen molar-refractivity contribution in [3.8, 4) is 0 Å². The van der Waals surface area contributed by atoms with E-state index < -0.39 is 6.04 Å². The molecule has 7 heteroatoms. The number of nitrogens with two attached hydrogens (primary N) is 1. The largest absolute Gasteiger partial charge is 0.375 e. The summed E-state index contributed by atoms with van der Waals surface area (Å²) in [6, 6.07) is 4.91. The molecule has 1 heterocycles. The lowest BCUT2D eigenvalue weighted by molar-refractivity contribution is -0.122. The third kappa shape index (κ3) is 3.13. The molecule has 0 radical (unpaired) electrons. The number of hydrogen-bond acceptors (Lipinski definition) is 5. The van der Waals surface area contributed by atoms with Gasteiger partial charge in [0, 0.05) is 11.6 Å². The number of thiazole rings is 1. The number of aromatic nitrogens is 1. The fraction of sp³-hybridized carbons (Fsp3) is 0.357. The van der Waals surface area contributed by atoms with Crippen LogP contribution in [0.15, 0.2) is 18.2 Å². The van der Waals surface area contributed by atoms with Crippen LogP contribution in [-0.4, -0.2) is 28.9 Å². The highest BCUT2D eigenvalue weighted by Crippen LogP contribution is 2.24. The Morgan fingerprint density at radius 1 is 1.43 bits per heavy atom. The van der Waals surface area contributed by atoms with E-state index in [4.69, 9.17) is 5.73 Å². The van der Waals surface area contributed by atoms with E-state index in [0.29, 0.717) is 10.7 Å². The van der Waals surface area contributed by atoms with E-state index in [1.54, 1.807) is 25.1 Å². The summed E-state index contributed by atoms with van der Waals surface area (Å²) in [5.74, 6) is -0.420. The van der Waals surface area contributed by atoms with Gasteiger partial charge in [-0.05, 0) is 38.0 Å². The second-order valence-corrected chi connectivity index (χ2v) is 6.27. The summed E-state index contributed by atoms with van der Waals surface area (Å²) in [5.41, 5.74) is 6.91.